The zero-order valence-electron chi connectivity index (χ0n) is 20.3. The second kappa shape index (κ2) is 11.8. The molecule has 0 heterocycles. The summed E-state index contributed by atoms with van der Waals surface area (Å²) in [6.07, 6.45) is 0.164. The Bertz CT molecular complexity index is 1320. The lowest BCUT2D eigenvalue weighted by molar-refractivity contribution is -0.384. The summed E-state index contributed by atoms with van der Waals surface area (Å²) in [5.41, 5.74) is 3.93. The minimum Gasteiger partial charge on any atom is -0.343 e. The fourth-order valence-corrected chi connectivity index (χ4v) is 4.11. The number of amides is 2. The second-order valence-corrected chi connectivity index (χ2v) is 8.80. The first kappa shape index (κ1) is 25.3. The number of nitro groups is 1. The van der Waals surface area contributed by atoms with Gasteiger partial charge in [0.25, 0.3) is 5.69 Å². The van der Waals surface area contributed by atoms with Gasteiger partial charge in [0.1, 0.15) is 6.04 Å². The maximum atomic E-state index is 13.7. The van der Waals surface area contributed by atoms with E-state index in [1.165, 1.54) is 12.1 Å². The van der Waals surface area contributed by atoms with Crippen molar-refractivity contribution in [2.24, 2.45) is 0 Å². The SMILES string of the molecule is Cc1ccc(NC(=O)[C@H](Cc2ccc([N+](=O)[O-])cc2)NC(=O)C(c2ccccc2)c2ccccc2)cc1. The Kier molecular flexibility index (Phi) is 8.05. The Balaban J connectivity index is 1.62. The molecule has 7 heteroatoms. The highest BCUT2D eigenvalue weighted by Gasteiger charge is 2.28. The highest BCUT2D eigenvalue weighted by atomic mass is 16.6. The summed E-state index contributed by atoms with van der Waals surface area (Å²) in [6, 6.07) is 31.2. The van der Waals surface area contributed by atoms with Crippen LogP contribution in [0.15, 0.2) is 109 Å². The lowest BCUT2D eigenvalue weighted by Gasteiger charge is -2.23. The van der Waals surface area contributed by atoms with Crippen LogP contribution in [0.4, 0.5) is 11.4 Å². The van der Waals surface area contributed by atoms with E-state index in [0.29, 0.717) is 11.3 Å². The van der Waals surface area contributed by atoms with Gasteiger partial charge in [-0.15, -0.1) is 0 Å². The van der Waals surface area contributed by atoms with E-state index in [9.17, 15) is 19.7 Å². The van der Waals surface area contributed by atoms with Gasteiger partial charge in [0, 0.05) is 24.2 Å². The maximum absolute atomic E-state index is 13.7. The Morgan fingerprint density at radius 2 is 1.30 bits per heavy atom. The third-order valence-electron chi connectivity index (χ3n) is 6.07. The fraction of sp³-hybridized carbons (Fsp3) is 0.133. The minimum absolute atomic E-state index is 0.0401. The molecule has 2 amide bonds. The number of nitro benzene ring substituents is 1. The van der Waals surface area contributed by atoms with Gasteiger partial charge in [-0.3, -0.25) is 19.7 Å². The molecule has 0 aromatic heterocycles. The van der Waals surface area contributed by atoms with Crippen LogP contribution in [-0.2, 0) is 16.0 Å². The lowest BCUT2D eigenvalue weighted by Crippen LogP contribution is -2.47. The van der Waals surface area contributed by atoms with Gasteiger partial charge in [-0.25, -0.2) is 0 Å². The zero-order chi connectivity index (χ0) is 26.2. The highest BCUT2D eigenvalue weighted by molar-refractivity contribution is 5.99. The quantitative estimate of drug-likeness (QED) is 0.241. The number of hydrogen-bond donors (Lipinski definition) is 2. The van der Waals surface area contributed by atoms with E-state index in [1.807, 2.05) is 79.7 Å². The molecule has 1 atom stereocenters. The van der Waals surface area contributed by atoms with Crippen molar-refractivity contribution < 1.29 is 14.5 Å². The summed E-state index contributed by atoms with van der Waals surface area (Å²) >= 11 is 0. The molecule has 37 heavy (non-hydrogen) atoms. The van der Waals surface area contributed by atoms with Crippen LogP contribution < -0.4 is 10.6 Å². The third-order valence-corrected chi connectivity index (χ3v) is 6.07. The van der Waals surface area contributed by atoms with E-state index >= 15 is 0 Å². The monoisotopic (exact) mass is 493 g/mol. The normalized spacial score (nSPS) is 11.5. The van der Waals surface area contributed by atoms with Gasteiger partial charge >= 0.3 is 0 Å². The number of nitrogens with zero attached hydrogens (tertiary/aromatic N) is 1. The van der Waals surface area contributed by atoms with Crippen LogP contribution in [0.3, 0.4) is 0 Å². The molecule has 0 unspecified atom stereocenters. The molecule has 2 N–H and O–H groups in total. The first-order valence-corrected chi connectivity index (χ1v) is 11.9. The van der Waals surface area contributed by atoms with Gasteiger partial charge in [0.2, 0.25) is 11.8 Å². The molecule has 0 radical (unpaired) electrons. The van der Waals surface area contributed by atoms with Gasteiger partial charge in [-0.05, 0) is 35.7 Å². The smallest absolute Gasteiger partial charge is 0.269 e. The van der Waals surface area contributed by atoms with E-state index in [2.05, 4.69) is 10.6 Å². The maximum Gasteiger partial charge on any atom is 0.269 e. The summed E-state index contributed by atoms with van der Waals surface area (Å²) < 4.78 is 0. The molecule has 4 aromatic rings. The lowest BCUT2D eigenvalue weighted by atomic mass is 9.90. The van der Waals surface area contributed by atoms with Crippen molar-refractivity contribution in [1.82, 2.24) is 5.32 Å². The molecule has 0 saturated carbocycles. The van der Waals surface area contributed by atoms with Crippen molar-refractivity contribution in [2.75, 3.05) is 5.32 Å². The van der Waals surface area contributed by atoms with Crippen molar-refractivity contribution in [1.29, 1.82) is 0 Å². The Morgan fingerprint density at radius 3 is 1.81 bits per heavy atom. The number of carbonyl (C=O) groups excluding carboxylic acids is 2. The summed E-state index contributed by atoms with van der Waals surface area (Å²) in [4.78, 5) is 37.7. The first-order valence-electron chi connectivity index (χ1n) is 11.9. The molecule has 0 aliphatic rings. The van der Waals surface area contributed by atoms with E-state index in [-0.39, 0.29) is 23.9 Å². The predicted octanol–water partition coefficient (Wildman–Crippen LogP) is 5.40. The third kappa shape index (κ3) is 6.67. The number of carbonyl (C=O) groups is 2. The Labute approximate surface area is 215 Å². The summed E-state index contributed by atoms with van der Waals surface area (Å²) in [6.45, 7) is 1.95. The molecule has 7 nitrogen and oxygen atoms in total. The van der Waals surface area contributed by atoms with Gasteiger partial charge in [0.05, 0.1) is 10.8 Å². The molecule has 4 rings (SSSR count). The van der Waals surface area contributed by atoms with Crippen molar-refractivity contribution in [2.45, 2.75) is 25.3 Å². The number of rotatable bonds is 9. The van der Waals surface area contributed by atoms with Crippen LogP contribution in [0.2, 0.25) is 0 Å². The predicted molar refractivity (Wildman–Crippen MR) is 143 cm³/mol. The minimum atomic E-state index is -0.912. The number of hydrogen-bond acceptors (Lipinski definition) is 4. The van der Waals surface area contributed by atoms with Crippen LogP contribution in [0.25, 0.3) is 0 Å². The molecule has 186 valence electrons. The van der Waals surface area contributed by atoms with Gasteiger partial charge in [0.15, 0.2) is 0 Å². The average molecular weight is 494 g/mol. The largest absolute Gasteiger partial charge is 0.343 e. The van der Waals surface area contributed by atoms with Gasteiger partial charge in [-0.2, -0.15) is 0 Å². The highest BCUT2D eigenvalue weighted by Crippen LogP contribution is 2.25. The zero-order valence-corrected chi connectivity index (χ0v) is 20.3. The molecular weight excluding hydrogens is 466 g/mol. The molecule has 0 saturated heterocycles. The Morgan fingerprint density at radius 1 is 0.757 bits per heavy atom. The van der Waals surface area contributed by atoms with Crippen molar-refractivity contribution in [3.8, 4) is 0 Å². The van der Waals surface area contributed by atoms with Crippen LogP contribution in [0, 0.1) is 17.0 Å². The van der Waals surface area contributed by atoms with Crippen LogP contribution in [0.5, 0.6) is 0 Å². The first-order chi connectivity index (χ1) is 17.9. The van der Waals surface area contributed by atoms with Crippen LogP contribution in [0.1, 0.15) is 28.2 Å². The summed E-state index contributed by atoms with van der Waals surface area (Å²) in [5, 5.41) is 16.9. The van der Waals surface area contributed by atoms with E-state index < -0.39 is 16.9 Å². The Hall–Kier alpha value is -4.78. The molecule has 4 aromatic carbocycles. The van der Waals surface area contributed by atoms with Crippen molar-refractivity contribution >= 4 is 23.2 Å². The molecule has 0 bridgehead atoms. The topological polar surface area (TPSA) is 101 Å². The molecule has 0 aliphatic carbocycles. The van der Waals surface area contributed by atoms with Gasteiger partial charge < -0.3 is 10.6 Å². The number of nitrogens with one attached hydrogen (secondary N) is 2. The average Bonchev–Trinajstić information content (AvgIpc) is 2.91. The summed E-state index contributed by atoms with van der Waals surface area (Å²) in [7, 11) is 0. The standard InChI is InChI=1S/C30H27N3O4/c1-21-12-16-25(17-13-21)31-29(34)27(20-22-14-18-26(19-15-22)33(36)37)32-30(35)28(23-8-4-2-5-9-23)24-10-6-3-7-11-24/h2-19,27-28H,20H2,1H3,(H,31,34)(H,32,35)/t27-/m0/s1. The summed E-state index contributed by atoms with van der Waals surface area (Å²) in [5.74, 6) is -1.31. The number of anilines is 1. The molecule has 0 aliphatic heterocycles. The number of non-ortho nitro benzene ring substituents is 1. The fourth-order valence-electron chi connectivity index (χ4n) is 4.11. The van der Waals surface area contributed by atoms with Crippen molar-refractivity contribution in [3.05, 3.63) is 142 Å². The van der Waals surface area contributed by atoms with Crippen molar-refractivity contribution in [3.63, 3.8) is 0 Å². The molecule has 0 fully saturated rings. The van der Waals surface area contributed by atoms with Crippen LogP contribution in [-0.4, -0.2) is 22.8 Å². The number of benzene rings is 4. The number of aryl methyl sites for hydroxylation is 1. The van der Waals surface area contributed by atoms with Crippen LogP contribution >= 0.6 is 0 Å². The second-order valence-electron chi connectivity index (χ2n) is 8.80. The van der Waals surface area contributed by atoms with E-state index in [0.717, 1.165) is 16.7 Å². The molecule has 0 spiro atoms. The van der Waals surface area contributed by atoms with E-state index in [1.54, 1.807) is 24.3 Å². The molecular formula is C30H27N3O4. The van der Waals surface area contributed by atoms with Gasteiger partial charge in [-0.1, -0.05) is 90.5 Å². The van der Waals surface area contributed by atoms with E-state index in [4.69, 9.17) is 0 Å².